The molecule has 1 aromatic rings. The summed E-state index contributed by atoms with van der Waals surface area (Å²) in [4.78, 5) is 2.47. The second-order valence-corrected chi connectivity index (χ2v) is 6.16. The Morgan fingerprint density at radius 1 is 1.10 bits per heavy atom. The van der Waals surface area contributed by atoms with E-state index in [0.29, 0.717) is 17.8 Å². The standard InChI is InChI=1S/C17H30N2O/c1-12(2)19(13(3)4)10-9-18-15(6)16-11-14(5)7-8-17(16)20/h7-8,11-13,15,18,20H,9-10H2,1-6H3. The number of aryl methyl sites for hydroxylation is 1. The number of hydrogen-bond donors (Lipinski definition) is 2. The third kappa shape index (κ3) is 4.80. The number of phenolic OH excluding ortho intramolecular Hbond substituents is 1. The number of benzene rings is 1. The summed E-state index contributed by atoms with van der Waals surface area (Å²) in [5, 5.41) is 13.4. The molecule has 0 aliphatic heterocycles. The van der Waals surface area contributed by atoms with Crippen molar-refractivity contribution in [1.82, 2.24) is 10.2 Å². The molecule has 20 heavy (non-hydrogen) atoms. The maximum absolute atomic E-state index is 9.94. The molecule has 3 nitrogen and oxygen atoms in total. The summed E-state index contributed by atoms with van der Waals surface area (Å²) in [5.74, 6) is 0.375. The first-order chi connectivity index (χ1) is 9.32. The molecule has 0 aliphatic rings. The van der Waals surface area contributed by atoms with E-state index in [4.69, 9.17) is 0 Å². The highest BCUT2D eigenvalue weighted by Crippen LogP contribution is 2.24. The van der Waals surface area contributed by atoms with Crippen LogP contribution in [0.25, 0.3) is 0 Å². The monoisotopic (exact) mass is 278 g/mol. The van der Waals surface area contributed by atoms with E-state index in [1.165, 1.54) is 5.56 Å². The molecule has 0 aromatic heterocycles. The Hall–Kier alpha value is -1.06. The third-order valence-electron chi connectivity index (χ3n) is 3.80. The molecule has 0 radical (unpaired) electrons. The molecular formula is C17H30N2O. The van der Waals surface area contributed by atoms with Crippen LogP contribution in [0.2, 0.25) is 0 Å². The summed E-state index contributed by atoms with van der Waals surface area (Å²) in [6.45, 7) is 15.0. The van der Waals surface area contributed by atoms with E-state index in [9.17, 15) is 5.11 Å². The predicted molar refractivity (Wildman–Crippen MR) is 86.2 cm³/mol. The Balaban J connectivity index is 2.55. The van der Waals surface area contributed by atoms with Gasteiger partial charge in [0.2, 0.25) is 0 Å². The van der Waals surface area contributed by atoms with Crippen LogP contribution in [0.1, 0.15) is 51.8 Å². The number of rotatable bonds is 7. The zero-order valence-electron chi connectivity index (χ0n) is 13.8. The molecule has 0 bridgehead atoms. The maximum atomic E-state index is 9.94. The van der Waals surface area contributed by atoms with Crippen molar-refractivity contribution < 1.29 is 5.11 Å². The van der Waals surface area contributed by atoms with Gasteiger partial charge in [0.05, 0.1) is 0 Å². The van der Waals surface area contributed by atoms with Crippen molar-refractivity contribution in [3.63, 3.8) is 0 Å². The fraction of sp³-hybridized carbons (Fsp3) is 0.647. The molecule has 1 unspecified atom stereocenters. The van der Waals surface area contributed by atoms with Crippen LogP contribution in [-0.2, 0) is 0 Å². The highest BCUT2D eigenvalue weighted by atomic mass is 16.3. The molecule has 0 fully saturated rings. The largest absolute Gasteiger partial charge is 0.508 e. The smallest absolute Gasteiger partial charge is 0.120 e. The zero-order valence-corrected chi connectivity index (χ0v) is 13.8. The summed E-state index contributed by atoms with van der Waals surface area (Å²) in [5.41, 5.74) is 2.16. The van der Waals surface area contributed by atoms with Crippen LogP contribution in [-0.4, -0.2) is 35.2 Å². The Morgan fingerprint density at radius 3 is 2.25 bits per heavy atom. The molecular weight excluding hydrogens is 248 g/mol. The van der Waals surface area contributed by atoms with Gasteiger partial charge >= 0.3 is 0 Å². The average molecular weight is 278 g/mol. The van der Waals surface area contributed by atoms with Crippen LogP contribution in [0.4, 0.5) is 0 Å². The number of nitrogens with zero attached hydrogens (tertiary/aromatic N) is 1. The Morgan fingerprint density at radius 2 is 1.70 bits per heavy atom. The van der Waals surface area contributed by atoms with Crippen molar-refractivity contribution in [3.05, 3.63) is 29.3 Å². The first-order valence-corrected chi connectivity index (χ1v) is 7.61. The molecule has 0 aliphatic carbocycles. The number of aromatic hydroxyl groups is 1. The van der Waals surface area contributed by atoms with Gasteiger partial charge < -0.3 is 10.4 Å². The van der Waals surface area contributed by atoms with Crippen LogP contribution in [0.15, 0.2) is 18.2 Å². The van der Waals surface area contributed by atoms with Gasteiger partial charge in [-0.3, -0.25) is 4.90 Å². The minimum atomic E-state index is 0.163. The van der Waals surface area contributed by atoms with Gasteiger partial charge in [-0.1, -0.05) is 17.7 Å². The zero-order chi connectivity index (χ0) is 15.3. The summed E-state index contributed by atoms with van der Waals surface area (Å²) in [7, 11) is 0. The topological polar surface area (TPSA) is 35.5 Å². The van der Waals surface area contributed by atoms with Crippen LogP contribution in [0.3, 0.4) is 0 Å². The van der Waals surface area contributed by atoms with Crippen molar-refractivity contribution in [3.8, 4) is 5.75 Å². The molecule has 1 rings (SSSR count). The highest BCUT2D eigenvalue weighted by Gasteiger charge is 2.14. The van der Waals surface area contributed by atoms with Crippen LogP contribution in [0, 0.1) is 6.92 Å². The maximum Gasteiger partial charge on any atom is 0.120 e. The van der Waals surface area contributed by atoms with Gasteiger partial charge in [-0.2, -0.15) is 0 Å². The lowest BCUT2D eigenvalue weighted by atomic mass is 10.0. The molecule has 0 saturated heterocycles. The normalized spacial score (nSPS) is 13.4. The van der Waals surface area contributed by atoms with Crippen molar-refractivity contribution >= 4 is 0 Å². The Kier molecular flexibility index (Phi) is 6.50. The van der Waals surface area contributed by atoms with E-state index in [1.807, 2.05) is 6.07 Å². The van der Waals surface area contributed by atoms with Crippen molar-refractivity contribution in [2.45, 2.75) is 59.7 Å². The lowest BCUT2D eigenvalue weighted by Crippen LogP contribution is -2.41. The minimum Gasteiger partial charge on any atom is -0.508 e. The van der Waals surface area contributed by atoms with E-state index in [0.717, 1.165) is 18.7 Å². The predicted octanol–water partition coefficient (Wildman–Crippen LogP) is 3.47. The van der Waals surface area contributed by atoms with Gasteiger partial charge in [0.15, 0.2) is 0 Å². The third-order valence-corrected chi connectivity index (χ3v) is 3.80. The molecule has 1 atom stereocenters. The molecule has 3 heteroatoms. The highest BCUT2D eigenvalue weighted by molar-refractivity contribution is 5.37. The van der Waals surface area contributed by atoms with E-state index in [-0.39, 0.29) is 6.04 Å². The summed E-state index contributed by atoms with van der Waals surface area (Å²) < 4.78 is 0. The van der Waals surface area contributed by atoms with Gasteiger partial charge in [0, 0.05) is 36.8 Å². The molecule has 0 spiro atoms. The van der Waals surface area contributed by atoms with Gasteiger partial charge in [-0.25, -0.2) is 0 Å². The molecule has 0 heterocycles. The van der Waals surface area contributed by atoms with Gasteiger partial charge in [-0.15, -0.1) is 0 Å². The first-order valence-electron chi connectivity index (χ1n) is 7.61. The number of nitrogens with one attached hydrogen (secondary N) is 1. The second-order valence-electron chi connectivity index (χ2n) is 6.16. The molecule has 114 valence electrons. The van der Waals surface area contributed by atoms with Crippen molar-refractivity contribution in [2.75, 3.05) is 13.1 Å². The van der Waals surface area contributed by atoms with Gasteiger partial charge in [-0.05, 0) is 47.6 Å². The van der Waals surface area contributed by atoms with Crippen LogP contribution in [0.5, 0.6) is 5.75 Å². The SMILES string of the molecule is Cc1ccc(O)c(C(C)NCCN(C(C)C)C(C)C)c1. The Bertz CT molecular complexity index is 407. The lowest BCUT2D eigenvalue weighted by molar-refractivity contribution is 0.174. The lowest BCUT2D eigenvalue weighted by Gasteiger charge is -2.31. The van der Waals surface area contributed by atoms with Crippen molar-refractivity contribution in [1.29, 1.82) is 0 Å². The molecule has 0 saturated carbocycles. The van der Waals surface area contributed by atoms with E-state index in [2.05, 4.69) is 57.8 Å². The molecule has 0 amide bonds. The molecule has 1 aromatic carbocycles. The fourth-order valence-electron chi connectivity index (χ4n) is 2.65. The van der Waals surface area contributed by atoms with E-state index < -0.39 is 0 Å². The summed E-state index contributed by atoms with van der Waals surface area (Å²) in [6, 6.07) is 7.03. The quantitative estimate of drug-likeness (QED) is 0.801. The van der Waals surface area contributed by atoms with Crippen molar-refractivity contribution in [2.24, 2.45) is 0 Å². The first kappa shape index (κ1) is 17.0. The average Bonchev–Trinajstić information content (AvgIpc) is 2.36. The van der Waals surface area contributed by atoms with E-state index >= 15 is 0 Å². The minimum absolute atomic E-state index is 0.163. The van der Waals surface area contributed by atoms with E-state index in [1.54, 1.807) is 6.07 Å². The fourth-order valence-corrected chi connectivity index (χ4v) is 2.65. The number of hydrogen-bond acceptors (Lipinski definition) is 3. The summed E-state index contributed by atoms with van der Waals surface area (Å²) in [6.07, 6.45) is 0. The van der Waals surface area contributed by atoms with Crippen LogP contribution >= 0.6 is 0 Å². The second kappa shape index (κ2) is 7.65. The Labute approximate surface area is 124 Å². The summed E-state index contributed by atoms with van der Waals surface area (Å²) >= 11 is 0. The molecule has 2 N–H and O–H groups in total. The number of phenols is 1. The van der Waals surface area contributed by atoms with Crippen LogP contribution < -0.4 is 5.32 Å². The van der Waals surface area contributed by atoms with Gasteiger partial charge in [0.1, 0.15) is 5.75 Å². The van der Waals surface area contributed by atoms with Gasteiger partial charge in [0.25, 0.3) is 0 Å².